The summed E-state index contributed by atoms with van der Waals surface area (Å²) >= 11 is 1.34. The van der Waals surface area contributed by atoms with E-state index in [4.69, 9.17) is 5.73 Å². The Balaban J connectivity index is 0.00000220. The van der Waals surface area contributed by atoms with Gasteiger partial charge in [0.15, 0.2) is 4.80 Å². The van der Waals surface area contributed by atoms with Crippen LogP contribution >= 0.6 is 23.7 Å². The second-order valence-electron chi connectivity index (χ2n) is 4.59. The highest BCUT2D eigenvalue weighted by atomic mass is 35.5. The van der Waals surface area contributed by atoms with Gasteiger partial charge in [-0.1, -0.05) is 18.2 Å². The molecule has 21 heavy (non-hydrogen) atoms. The molecule has 1 aromatic heterocycles. The Hall–Kier alpha value is -1.50. The molecule has 0 saturated carbocycles. The third-order valence-corrected chi connectivity index (χ3v) is 3.47. The minimum Gasteiger partial charge on any atom is -0.327 e. The van der Waals surface area contributed by atoms with Gasteiger partial charge in [-0.25, -0.2) is 4.39 Å². The number of carbonyl (C=O) groups excluding carboxylic acids is 1. The van der Waals surface area contributed by atoms with Crippen LogP contribution < -0.4 is 10.5 Å². The van der Waals surface area contributed by atoms with Crippen molar-refractivity contribution in [1.82, 2.24) is 4.57 Å². The van der Waals surface area contributed by atoms with E-state index in [-0.39, 0.29) is 36.6 Å². The predicted molar refractivity (Wildman–Crippen MR) is 83.9 cm³/mol. The van der Waals surface area contributed by atoms with E-state index in [9.17, 15) is 9.18 Å². The van der Waals surface area contributed by atoms with Gasteiger partial charge in [0, 0.05) is 29.6 Å². The Kier molecular flexibility index (Phi) is 6.74. The number of thiazole rings is 1. The molecule has 2 aromatic rings. The van der Waals surface area contributed by atoms with Crippen molar-refractivity contribution in [2.75, 3.05) is 0 Å². The molecule has 0 spiro atoms. The number of hydrogen-bond donors (Lipinski definition) is 1. The number of nitrogens with zero attached hydrogens (tertiary/aromatic N) is 2. The molecule has 114 valence electrons. The topological polar surface area (TPSA) is 60.4 Å². The van der Waals surface area contributed by atoms with E-state index in [1.54, 1.807) is 35.9 Å². The number of carbonyl (C=O) groups is 1. The summed E-state index contributed by atoms with van der Waals surface area (Å²) in [5.74, 6) is -0.524. The molecule has 1 amide bonds. The minimum absolute atomic E-state index is 0. The van der Waals surface area contributed by atoms with Crippen molar-refractivity contribution in [3.63, 3.8) is 0 Å². The van der Waals surface area contributed by atoms with Crippen molar-refractivity contribution < 1.29 is 9.18 Å². The molecule has 0 aliphatic carbocycles. The number of halogens is 2. The molecule has 0 bridgehead atoms. The summed E-state index contributed by atoms with van der Waals surface area (Å²) < 4.78 is 15.4. The van der Waals surface area contributed by atoms with Gasteiger partial charge in [-0.3, -0.25) is 4.79 Å². The van der Waals surface area contributed by atoms with Gasteiger partial charge >= 0.3 is 0 Å². The first-order valence-electron chi connectivity index (χ1n) is 6.26. The van der Waals surface area contributed by atoms with Crippen LogP contribution in [0.15, 0.2) is 40.8 Å². The standard InChI is InChI=1S/C14H16FN3OS.ClH/c1-10(16)8-13(19)17-14-18(6-7-20-14)9-11-4-2-3-5-12(11)15;/h2-7,10H,8-9,16H2,1H3;1H. The molecule has 1 unspecified atom stereocenters. The number of rotatable bonds is 4. The highest BCUT2D eigenvalue weighted by Gasteiger charge is 2.06. The lowest BCUT2D eigenvalue weighted by Crippen LogP contribution is -2.22. The minimum atomic E-state index is -0.265. The maximum absolute atomic E-state index is 13.6. The quantitative estimate of drug-likeness (QED) is 0.935. The van der Waals surface area contributed by atoms with E-state index in [2.05, 4.69) is 4.99 Å². The molecule has 7 heteroatoms. The fourth-order valence-corrected chi connectivity index (χ4v) is 2.49. The van der Waals surface area contributed by atoms with Gasteiger partial charge in [0.05, 0.1) is 6.54 Å². The molecular formula is C14H17ClFN3OS. The van der Waals surface area contributed by atoms with E-state index in [1.165, 1.54) is 17.4 Å². The number of nitrogens with two attached hydrogens (primary N) is 1. The summed E-state index contributed by atoms with van der Waals surface area (Å²) in [6.07, 6.45) is 1.99. The average Bonchev–Trinajstić information content (AvgIpc) is 2.78. The summed E-state index contributed by atoms with van der Waals surface area (Å²) in [6, 6.07) is 6.34. The van der Waals surface area contributed by atoms with Crippen LogP contribution in [-0.2, 0) is 11.3 Å². The molecular weight excluding hydrogens is 313 g/mol. The summed E-state index contributed by atoms with van der Waals surface area (Å²) in [4.78, 5) is 16.2. The van der Waals surface area contributed by atoms with Gasteiger partial charge in [-0.05, 0) is 13.0 Å². The zero-order valence-electron chi connectivity index (χ0n) is 11.5. The van der Waals surface area contributed by atoms with Gasteiger partial charge in [0.2, 0.25) is 5.91 Å². The van der Waals surface area contributed by atoms with Crippen LogP contribution in [-0.4, -0.2) is 16.5 Å². The second kappa shape index (κ2) is 8.07. The summed E-state index contributed by atoms with van der Waals surface area (Å²) in [7, 11) is 0. The Bertz CT molecular complexity index is 666. The third-order valence-electron chi connectivity index (χ3n) is 2.68. The predicted octanol–water partition coefficient (Wildman–Crippen LogP) is 2.32. The van der Waals surface area contributed by atoms with Crippen LogP contribution in [0.3, 0.4) is 0 Å². The molecule has 1 aromatic carbocycles. The number of amides is 1. The molecule has 2 rings (SSSR count). The van der Waals surface area contributed by atoms with E-state index < -0.39 is 0 Å². The Morgan fingerprint density at radius 1 is 1.48 bits per heavy atom. The van der Waals surface area contributed by atoms with E-state index in [0.29, 0.717) is 16.9 Å². The average molecular weight is 330 g/mol. The lowest BCUT2D eigenvalue weighted by Gasteiger charge is -2.04. The highest BCUT2D eigenvalue weighted by Crippen LogP contribution is 2.08. The maximum Gasteiger partial charge on any atom is 0.249 e. The molecule has 0 aliphatic rings. The van der Waals surface area contributed by atoms with Crippen molar-refractivity contribution in [2.24, 2.45) is 10.7 Å². The summed E-state index contributed by atoms with van der Waals surface area (Å²) in [6.45, 7) is 2.11. The van der Waals surface area contributed by atoms with Crippen LogP contribution in [0.5, 0.6) is 0 Å². The first-order chi connectivity index (χ1) is 9.56. The zero-order chi connectivity index (χ0) is 14.5. The zero-order valence-corrected chi connectivity index (χ0v) is 13.2. The van der Waals surface area contributed by atoms with Crippen LogP contribution in [0, 0.1) is 5.82 Å². The van der Waals surface area contributed by atoms with E-state index >= 15 is 0 Å². The van der Waals surface area contributed by atoms with Gasteiger partial charge < -0.3 is 10.3 Å². The molecule has 0 radical (unpaired) electrons. The van der Waals surface area contributed by atoms with Gasteiger partial charge in [-0.2, -0.15) is 4.99 Å². The van der Waals surface area contributed by atoms with E-state index in [1.807, 2.05) is 5.38 Å². The molecule has 4 nitrogen and oxygen atoms in total. The maximum atomic E-state index is 13.6. The van der Waals surface area contributed by atoms with Crippen LogP contribution in [0.4, 0.5) is 4.39 Å². The van der Waals surface area contributed by atoms with Crippen LogP contribution in [0.1, 0.15) is 18.9 Å². The fraction of sp³-hybridized carbons (Fsp3) is 0.286. The Labute approximate surface area is 132 Å². The third kappa shape index (κ3) is 5.08. The number of aromatic nitrogens is 1. The molecule has 1 atom stereocenters. The molecule has 0 fully saturated rings. The van der Waals surface area contributed by atoms with Gasteiger partial charge in [-0.15, -0.1) is 23.7 Å². The van der Waals surface area contributed by atoms with Crippen LogP contribution in [0.2, 0.25) is 0 Å². The van der Waals surface area contributed by atoms with Gasteiger partial charge in [0.25, 0.3) is 0 Å². The van der Waals surface area contributed by atoms with Crippen molar-refractivity contribution in [3.05, 3.63) is 52.0 Å². The molecule has 0 aliphatic heterocycles. The fourth-order valence-electron chi connectivity index (χ4n) is 1.75. The molecule has 1 heterocycles. The number of hydrogen-bond acceptors (Lipinski definition) is 3. The normalized spacial score (nSPS) is 12.8. The van der Waals surface area contributed by atoms with E-state index in [0.717, 1.165) is 0 Å². The Morgan fingerprint density at radius 3 is 2.86 bits per heavy atom. The summed E-state index contributed by atoms with van der Waals surface area (Å²) in [5.41, 5.74) is 6.13. The van der Waals surface area contributed by atoms with Crippen molar-refractivity contribution >= 4 is 29.7 Å². The largest absolute Gasteiger partial charge is 0.327 e. The Morgan fingerprint density at radius 2 is 2.19 bits per heavy atom. The second-order valence-corrected chi connectivity index (χ2v) is 5.46. The lowest BCUT2D eigenvalue weighted by molar-refractivity contribution is -0.118. The first kappa shape index (κ1) is 17.6. The number of benzene rings is 1. The monoisotopic (exact) mass is 329 g/mol. The molecule has 2 N–H and O–H groups in total. The SMILES string of the molecule is CC(N)CC(=O)N=c1sccn1Cc1ccccc1F.Cl. The van der Waals surface area contributed by atoms with Crippen LogP contribution in [0.25, 0.3) is 0 Å². The smallest absolute Gasteiger partial charge is 0.249 e. The van der Waals surface area contributed by atoms with Gasteiger partial charge in [0.1, 0.15) is 5.82 Å². The van der Waals surface area contributed by atoms with Crippen molar-refractivity contribution in [1.29, 1.82) is 0 Å². The summed E-state index contributed by atoms with van der Waals surface area (Å²) in [5, 5.41) is 1.82. The first-order valence-corrected chi connectivity index (χ1v) is 7.14. The lowest BCUT2D eigenvalue weighted by atomic mass is 10.2. The highest BCUT2D eigenvalue weighted by molar-refractivity contribution is 7.07. The van der Waals surface area contributed by atoms with Crippen molar-refractivity contribution in [2.45, 2.75) is 25.9 Å². The van der Waals surface area contributed by atoms with Crippen molar-refractivity contribution in [3.8, 4) is 0 Å². The molecule has 0 saturated heterocycles.